The van der Waals surface area contributed by atoms with Crippen molar-refractivity contribution in [1.82, 2.24) is 14.9 Å². The molecule has 1 N–H and O–H groups in total. The lowest BCUT2D eigenvalue weighted by molar-refractivity contribution is 0.390. The first-order valence-corrected chi connectivity index (χ1v) is 9.56. The number of ether oxygens (including phenoxy) is 1. The minimum atomic E-state index is -3.97. The zero-order valence-corrected chi connectivity index (χ0v) is 16.1. The van der Waals surface area contributed by atoms with Crippen LogP contribution >= 0.6 is 12.2 Å². The van der Waals surface area contributed by atoms with Gasteiger partial charge in [0.2, 0.25) is 4.77 Å². The summed E-state index contributed by atoms with van der Waals surface area (Å²) >= 11 is 5.00. The largest absolute Gasteiger partial charge is 0.493 e. The molecule has 0 bridgehead atoms. The average molecular weight is 404 g/mol. The molecule has 0 aliphatic rings. The normalized spacial score (nSPS) is 11.6. The van der Waals surface area contributed by atoms with E-state index in [0.29, 0.717) is 10.3 Å². The van der Waals surface area contributed by atoms with Crippen LogP contribution in [0.3, 0.4) is 0 Å². The fourth-order valence-corrected chi connectivity index (χ4v) is 3.24. The van der Waals surface area contributed by atoms with Gasteiger partial charge in [0.1, 0.15) is 11.2 Å². The van der Waals surface area contributed by atoms with Gasteiger partial charge in [0.25, 0.3) is 0 Å². The van der Waals surface area contributed by atoms with Crippen molar-refractivity contribution in [1.29, 1.82) is 0 Å². The molecule has 3 aromatic rings. The molecule has 1 aromatic heterocycles. The molecule has 140 valence electrons. The molecule has 27 heavy (non-hydrogen) atoms. The van der Waals surface area contributed by atoms with E-state index < -0.39 is 10.1 Å². The number of hydrogen-bond acceptors (Lipinski definition) is 7. The highest BCUT2D eigenvalue weighted by molar-refractivity contribution is 7.87. The number of benzene rings is 2. The number of H-pyrrole nitrogens is 1. The monoisotopic (exact) mass is 404 g/mol. The fourth-order valence-electron chi connectivity index (χ4n) is 2.16. The van der Waals surface area contributed by atoms with Gasteiger partial charge in [0.05, 0.1) is 13.3 Å². The standard InChI is InChI=1S/C17H16N4O4S2/c1-12-3-6-14(7-4-12)27(22,23)25-15-8-5-13(9-16(15)24-2)10-19-21-11-18-20-17(21)26/h3-11H,1-2H3,(H,20,26)/b19-10-. The van der Waals surface area contributed by atoms with Crippen LogP contribution in [0, 0.1) is 11.7 Å². The molecule has 0 aliphatic heterocycles. The molecule has 0 atom stereocenters. The van der Waals surface area contributed by atoms with Gasteiger partial charge in [-0.05, 0) is 55.0 Å². The molecule has 10 heteroatoms. The molecule has 0 spiro atoms. The van der Waals surface area contributed by atoms with E-state index in [0.717, 1.165) is 5.56 Å². The lowest BCUT2D eigenvalue weighted by atomic mass is 10.2. The Kier molecular flexibility index (Phi) is 5.38. The van der Waals surface area contributed by atoms with Crippen LogP contribution in [0.5, 0.6) is 11.5 Å². The molecular formula is C17H16N4O4S2. The lowest BCUT2D eigenvalue weighted by Gasteiger charge is -2.11. The van der Waals surface area contributed by atoms with Crippen LogP contribution in [0.4, 0.5) is 0 Å². The van der Waals surface area contributed by atoms with Gasteiger partial charge in [-0.3, -0.25) is 5.10 Å². The topological polar surface area (TPSA) is 98.6 Å². The van der Waals surface area contributed by atoms with Crippen LogP contribution in [0.25, 0.3) is 0 Å². The van der Waals surface area contributed by atoms with Crippen LogP contribution in [0.15, 0.2) is 58.8 Å². The molecule has 8 nitrogen and oxygen atoms in total. The third kappa shape index (κ3) is 4.41. The quantitative estimate of drug-likeness (QED) is 0.385. The SMILES string of the molecule is COc1cc(/C=N\n2cn[nH]c2=S)ccc1OS(=O)(=O)c1ccc(C)cc1. The molecule has 0 unspecified atom stereocenters. The summed E-state index contributed by atoms with van der Waals surface area (Å²) in [6.07, 6.45) is 2.97. The minimum Gasteiger partial charge on any atom is -0.493 e. The predicted octanol–water partition coefficient (Wildman–Crippen LogP) is 2.91. The van der Waals surface area contributed by atoms with Crippen molar-refractivity contribution in [3.05, 3.63) is 64.7 Å². The number of nitrogens with zero attached hydrogens (tertiary/aromatic N) is 3. The molecule has 1 heterocycles. The van der Waals surface area contributed by atoms with E-state index in [4.69, 9.17) is 21.1 Å². The van der Waals surface area contributed by atoms with Gasteiger partial charge in [-0.25, -0.2) is 0 Å². The summed E-state index contributed by atoms with van der Waals surface area (Å²) in [7, 11) is -2.55. The summed E-state index contributed by atoms with van der Waals surface area (Å²) in [5.41, 5.74) is 1.61. The highest BCUT2D eigenvalue weighted by Crippen LogP contribution is 2.30. The number of methoxy groups -OCH3 is 1. The van der Waals surface area contributed by atoms with Crippen LogP contribution in [0.2, 0.25) is 0 Å². The average Bonchev–Trinajstić information content (AvgIpc) is 3.06. The maximum Gasteiger partial charge on any atom is 0.339 e. The number of aromatic amines is 1. The number of nitrogens with one attached hydrogen (secondary N) is 1. The zero-order valence-electron chi connectivity index (χ0n) is 14.5. The third-order valence-corrected chi connectivity index (χ3v) is 5.09. The molecule has 0 radical (unpaired) electrons. The van der Waals surface area contributed by atoms with Gasteiger partial charge in [0, 0.05) is 0 Å². The van der Waals surface area contributed by atoms with Crippen LogP contribution in [-0.4, -0.2) is 36.6 Å². The molecule has 0 fully saturated rings. The third-order valence-electron chi connectivity index (χ3n) is 3.56. The molecule has 0 amide bonds. The second kappa shape index (κ2) is 7.72. The molecule has 0 saturated carbocycles. The van der Waals surface area contributed by atoms with Crippen molar-refractivity contribution in [3.63, 3.8) is 0 Å². The minimum absolute atomic E-state index is 0.0649. The Bertz CT molecular complexity index is 1130. The van der Waals surface area contributed by atoms with E-state index in [-0.39, 0.29) is 16.4 Å². The zero-order chi connectivity index (χ0) is 19.4. The summed E-state index contributed by atoms with van der Waals surface area (Å²) < 4.78 is 37.1. The number of hydrogen-bond donors (Lipinski definition) is 1. The molecule has 0 aliphatic carbocycles. The summed E-state index contributed by atoms with van der Waals surface area (Å²) in [6.45, 7) is 1.87. The van der Waals surface area contributed by atoms with E-state index in [9.17, 15) is 8.42 Å². The van der Waals surface area contributed by atoms with Gasteiger partial charge < -0.3 is 8.92 Å². The van der Waals surface area contributed by atoms with E-state index in [2.05, 4.69) is 15.3 Å². The molecular weight excluding hydrogens is 388 g/mol. The summed E-state index contributed by atoms with van der Waals surface area (Å²) in [4.78, 5) is 0.0649. The Hall–Kier alpha value is -2.98. The van der Waals surface area contributed by atoms with Gasteiger partial charge in [-0.2, -0.15) is 23.3 Å². The number of rotatable bonds is 6. The molecule has 3 rings (SSSR count). The van der Waals surface area contributed by atoms with Gasteiger partial charge in [-0.1, -0.05) is 17.7 Å². The smallest absolute Gasteiger partial charge is 0.339 e. The van der Waals surface area contributed by atoms with E-state index in [1.165, 1.54) is 42.5 Å². The highest BCUT2D eigenvalue weighted by atomic mass is 32.2. The maximum atomic E-state index is 12.5. The summed E-state index contributed by atoms with van der Waals surface area (Å²) in [6, 6.07) is 11.1. The lowest BCUT2D eigenvalue weighted by Crippen LogP contribution is -2.10. The second-order valence-electron chi connectivity index (χ2n) is 5.51. The number of aromatic nitrogens is 3. The first-order valence-electron chi connectivity index (χ1n) is 7.74. The molecule has 2 aromatic carbocycles. The fraction of sp³-hybridized carbons (Fsp3) is 0.118. The predicted molar refractivity (Wildman–Crippen MR) is 102 cm³/mol. The Morgan fingerprint density at radius 3 is 2.56 bits per heavy atom. The summed E-state index contributed by atoms with van der Waals surface area (Å²) in [5, 5.41) is 10.5. The summed E-state index contributed by atoms with van der Waals surface area (Å²) in [5.74, 6) is 0.334. The Morgan fingerprint density at radius 2 is 1.93 bits per heavy atom. The number of aryl methyl sites for hydroxylation is 1. The van der Waals surface area contributed by atoms with Crippen molar-refractivity contribution in [2.45, 2.75) is 11.8 Å². The van der Waals surface area contributed by atoms with Gasteiger partial charge in [-0.15, -0.1) is 0 Å². The van der Waals surface area contributed by atoms with E-state index >= 15 is 0 Å². The van der Waals surface area contributed by atoms with Crippen molar-refractivity contribution in [3.8, 4) is 11.5 Å². The second-order valence-corrected chi connectivity index (χ2v) is 7.44. The Morgan fingerprint density at radius 1 is 1.19 bits per heavy atom. The van der Waals surface area contributed by atoms with Crippen molar-refractivity contribution < 1.29 is 17.3 Å². The van der Waals surface area contributed by atoms with Crippen LogP contribution in [0.1, 0.15) is 11.1 Å². The van der Waals surface area contributed by atoms with E-state index in [1.54, 1.807) is 24.3 Å². The van der Waals surface area contributed by atoms with E-state index in [1.807, 2.05) is 6.92 Å². The van der Waals surface area contributed by atoms with Crippen LogP contribution in [-0.2, 0) is 10.1 Å². The Labute approximate surface area is 161 Å². The highest BCUT2D eigenvalue weighted by Gasteiger charge is 2.19. The first-order chi connectivity index (χ1) is 12.9. The van der Waals surface area contributed by atoms with Crippen molar-refractivity contribution in [2.24, 2.45) is 5.10 Å². The molecule has 0 saturated heterocycles. The van der Waals surface area contributed by atoms with Crippen LogP contribution < -0.4 is 8.92 Å². The van der Waals surface area contributed by atoms with Gasteiger partial charge >= 0.3 is 10.1 Å². The van der Waals surface area contributed by atoms with Crippen molar-refractivity contribution in [2.75, 3.05) is 7.11 Å². The van der Waals surface area contributed by atoms with Gasteiger partial charge in [0.15, 0.2) is 11.5 Å². The maximum absolute atomic E-state index is 12.5. The first kappa shape index (κ1) is 18.8. The Balaban J connectivity index is 1.86. The van der Waals surface area contributed by atoms with Crippen molar-refractivity contribution >= 4 is 28.6 Å².